The Morgan fingerprint density at radius 2 is 1.88 bits per heavy atom. The van der Waals surface area contributed by atoms with E-state index in [1.807, 2.05) is 31.2 Å². The van der Waals surface area contributed by atoms with Crippen LogP contribution in [0.2, 0.25) is 0 Å². The van der Waals surface area contributed by atoms with Crippen molar-refractivity contribution >= 4 is 31.7 Å². The van der Waals surface area contributed by atoms with Crippen LogP contribution in [0.3, 0.4) is 0 Å². The Balaban J connectivity index is 1.82. The third kappa shape index (κ3) is 3.41. The monoisotopic (exact) mass is 432 g/mol. The number of halogens is 1. The second-order valence-electron chi connectivity index (χ2n) is 6.40. The van der Waals surface area contributed by atoms with E-state index < -0.39 is 9.84 Å². The van der Waals surface area contributed by atoms with Crippen molar-refractivity contribution in [3.63, 3.8) is 0 Å². The molecular formula is C19H17BrN2O3S. The Kier molecular flexibility index (Phi) is 4.36. The summed E-state index contributed by atoms with van der Waals surface area (Å²) in [5.74, 6) is 0.513. The van der Waals surface area contributed by atoms with Gasteiger partial charge in [-0.3, -0.25) is 0 Å². The summed E-state index contributed by atoms with van der Waals surface area (Å²) in [6.45, 7) is 1.97. The number of nitrogens with zero attached hydrogens (tertiary/aromatic N) is 1. The topological polar surface area (TPSA) is 72.2 Å². The van der Waals surface area contributed by atoms with Crippen LogP contribution in [-0.2, 0) is 9.84 Å². The summed E-state index contributed by atoms with van der Waals surface area (Å²) in [6, 6.07) is 14.4. The van der Waals surface area contributed by atoms with Crippen LogP contribution in [0.15, 0.2) is 67.3 Å². The molecule has 1 N–H and O–H groups in total. The molecule has 26 heavy (non-hydrogen) atoms. The van der Waals surface area contributed by atoms with Gasteiger partial charge >= 0.3 is 0 Å². The summed E-state index contributed by atoms with van der Waals surface area (Å²) in [7, 11) is -3.79. The molecule has 1 aliphatic rings. The molecule has 1 saturated carbocycles. The summed E-state index contributed by atoms with van der Waals surface area (Å²) in [5.41, 5.74) is 1.80. The van der Waals surface area contributed by atoms with Crippen molar-refractivity contribution in [3.05, 3.63) is 58.6 Å². The first-order chi connectivity index (χ1) is 12.4. The van der Waals surface area contributed by atoms with Gasteiger partial charge in [-0.2, -0.15) is 4.98 Å². The highest BCUT2D eigenvalue weighted by Gasteiger charge is 2.32. The number of anilines is 1. The number of hydrogen-bond acceptors (Lipinski definition) is 5. The third-order valence-corrected chi connectivity index (χ3v) is 6.36. The number of sulfone groups is 1. The fourth-order valence-corrected chi connectivity index (χ4v) is 4.15. The second kappa shape index (κ2) is 6.55. The van der Waals surface area contributed by atoms with Crippen LogP contribution in [0.4, 0.5) is 5.88 Å². The van der Waals surface area contributed by atoms with Crippen molar-refractivity contribution < 1.29 is 12.8 Å². The van der Waals surface area contributed by atoms with Gasteiger partial charge in [0.1, 0.15) is 0 Å². The van der Waals surface area contributed by atoms with Crippen LogP contribution in [0.5, 0.6) is 0 Å². The molecule has 3 aromatic rings. The minimum absolute atomic E-state index is 0.0665. The average Bonchev–Trinajstić information content (AvgIpc) is 3.31. The number of nitrogens with one attached hydrogen (secondary N) is 1. The van der Waals surface area contributed by atoms with Gasteiger partial charge in [0.2, 0.25) is 26.6 Å². The molecule has 0 radical (unpaired) electrons. The van der Waals surface area contributed by atoms with Gasteiger partial charge < -0.3 is 9.73 Å². The molecule has 5 nitrogen and oxygen atoms in total. The lowest BCUT2D eigenvalue weighted by molar-refractivity contribution is 0.576. The first-order valence-electron chi connectivity index (χ1n) is 8.28. The highest BCUT2D eigenvalue weighted by molar-refractivity contribution is 9.10. The maximum Gasteiger partial charge on any atom is 0.234 e. The standard InChI is InChI=1S/C19H17BrN2O3S/c1-12-3-2-4-13(11-12)17-22-19(18(25-17)21-15-7-8-15)26(23,24)16-9-5-14(20)6-10-16/h2-6,9-11,15,21H,7-8H2,1H3. The number of hydrogen-bond donors (Lipinski definition) is 1. The van der Waals surface area contributed by atoms with Gasteiger partial charge in [0, 0.05) is 16.1 Å². The molecule has 0 amide bonds. The van der Waals surface area contributed by atoms with Crippen LogP contribution in [0.1, 0.15) is 18.4 Å². The minimum Gasteiger partial charge on any atom is -0.419 e. The van der Waals surface area contributed by atoms with Gasteiger partial charge in [-0.25, -0.2) is 8.42 Å². The summed E-state index contributed by atoms with van der Waals surface area (Å²) < 4.78 is 32.8. The lowest BCUT2D eigenvalue weighted by atomic mass is 10.1. The van der Waals surface area contributed by atoms with E-state index in [1.54, 1.807) is 24.3 Å². The van der Waals surface area contributed by atoms with Crippen LogP contribution >= 0.6 is 15.9 Å². The molecular weight excluding hydrogens is 416 g/mol. The maximum absolute atomic E-state index is 13.1. The van der Waals surface area contributed by atoms with Gasteiger partial charge in [0.15, 0.2) is 0 Å². The first-order valence-corrected chi connectivity index (χ1v) is 10.6. The fraction of sp³-hybridized carbons (Fsp3) is 0.211. The maximum atomic E-state index is 13.1. The molecule has 0 bridgehead atoms. The van der Waals surface area contributed by atoms with E-state index in [0.29, 0.717) is 5.89 Å². The largest absolute Gasteiger partial charge is 0.419 e. The zero-order valence-electron chi connectivity index (χ0n) is 14.1. The van der Waals surface area contributed by atoms with Gasteiger partial charge in [0.05, 0.1) is 4.90 Å². The van der Waals surface area contributed by atoms with E-state index in [-0.39, 0.29) is 21.8 Å². The average molecular weight is 433 g/mol. The highest BCUT2D eigenvalue weighted by atomic mass is 79.9. The van der Waals surface area contributed by atoms with Crippen molar-refractivity contribution in [2.24, 2.45) is 0 Å². The Bertz CT molecular complexity index is 1050. The molecule has 1 aliphatic carbocycles. The number of aromatic nitrogens is 1. The van der Waals surface area contributed by atoms with E-state index in [1.165, 1.54) is 0 Å². The molecule has 2 aromatic carbocycles. The normalized spacial score (nSPS) is 14.4. The molecule has 4 rings (SSSR count). The Labute approximate surface area is 160 Å². The number of benzene rings is 2. The smallest absolute Gasteiger partial charge is 0.234 e. The number of rotatable bonds is 5. The predicted octanol–water partition coefficient (Wildman–Crippen LogP) is 4.82. The molecule has 1 fully saturated rings. The van der Waals surface area contributed by atoms with Crippen LogP contribution in [-0.4, -0.2) is 19.4 Å². The lowest BCUT2D eigenvalue weighted by Gasteiger charge is -2.05. The van der Waals surface area contributed by atoms with Gasteiger partial charge in [-0.05, 0) is 56.2 Å². The lowest BCUT2D eigenvalue weighted by Crippen LogP contribution is -2.08. The molecule has 1 heterocycles. The van der Waals surface area contributed by atoms with E-state index in [4.69, 9.17) is 4.42 Å². The van der Waals surface area contributed by atoms with Gasteiger partial charge in [-0.1, -0.05) is 33.6 Å². The van der Waals surface area contributed by atoms with E-state index in [0.717, 1.165) is 28.4 Å². The molecule has 0 unspecified atom stereocenters. The minimum atomic E-state index is -3.79. The summed E-state index contributed by atoms with van der Waals surface area (Å²) in [6.07, 6.45) is 2.00. The Morgan fingerprint density at radius 3 is 2.54 bits per heavy atom. The molecule has 0 spiro atoms. The van der Waals surface area contributed by atoms with Gasteiger partial charge in [-0.15, -0.1) is 0 Å². The molecule has 7 heteroatoms. The number of aryl methyl sites for hydroxylation is 1. The van der Waals surface area contributed by atoms with Crippen molar-refractivity contribution in [2.45, 2.75) is 35.7 Å². The Morgan fingerprint density at radius 1 is 1.15 bits per heavy atom. The Hall–Kier alpha value is -2.12. The fourth-order valence-electron chi connectivity index (χ4n) is 2.62. The summed E-state index contributed by atoms with van der Waals surface area (Å²) in [5, 5.41) is 3.09. The highest BCUT2D eigenvalue weighted by Crippen LogP contribution is 2.35. The van der Waals surface area contributed by atoms with Crippen molar-refractivity contribution in [1.82, 2.24) is 4.98 Å². The molecule has 1 aromatic heterocycles. The van der Waals surface area contributed by atoms with Crippen LogP contribution < -0.4 is 5.32 Å². The zero-order chi connectivity index (χ0) is 18.3. The van der Waals surface area contributed by atoms with Crippen LogP contribution in [0.25, 0.3) is 11.5 Å². The first kappa shape index (κ1) is 17.3. The molecule has 0 saturated heterocycles. The third-order valence-electron chi connectivity index (χ3n) is 4.15. The molecule has 0 atom stereocenters. The second-order valence-corrected chi connectivity index (χ2v) is 9.18. The van der Waals surface area contributed by atoms with Crippen molar-refractivity contribution in [2.75, 3.05) is 5.32 Å². The SMILES string of the molecule is Cc1cccc(-c2nc(S(=O)(=O)c3ccc(Br)cc3)c(NC3CC3)o2)c1. The van der Waals surface area contributed by atoms with Crippen molar-refractivity contribution in [1.29, 1.82) is 0 Å². The predicted molar refractivity (Wildman–Crippen MR) is 103 cm³/mol. The summed E-state index contributed by atoms with van der Waals surface area (Å²) in [4.78, 5) is 4.53. The van der Waals surface area contributed by atoms with E-state index >= 15 is 0 Å². The molecule has 134 valence electrons. The number of oxazole rings is 1. The quantitative estimate of drug-likeness (QED) is 0.625. The van der Waals surface area contributed by atoms with E-state index in [2.05, 4.69) is 26.2 Å². The molecule has 0 aliphatic heterocycles. The zero-order valence-corrected chi connectivity index (χ0v) is 16.5. The van der Waals surface area contributed by atoms with Crippen LogP contribution in [0, 0.1) is 6.92 Å². The summed E-state index contributed by atoms with van der Waals surface area (Å²) >= 11 is 3.32. The van der Waals surface area contributed by atoms with Crippen molar-refractivity contribution in [3.8, 4) is 11.5 Å². The van der Waals surface area contributed by atoms with Gasteiger partial charge in [0.25, 0.3) is 0 Å². The van der Waals surface area contributed by atoms with E-state index in [9.17, 15) is 8.42 Å².